The number of hydrogen-bond acceptors (Lipinski definition) is 6. The molecule has 5 rings (SSSR count). The van der Waals surface area contributed by atoms with E-state index in [0.717, 1.165) is 48.4 Å². The highest BCUT2D eigenvalue weighted by molar-refractivity contribution is 6.74. The Labute approximate surface area is 239 Å². The molecule has 1 aliphatic carbocycles. The number of fused-ring (bicyclic) bond motifs is 1. The second-order valence-corrected chi connectivity index (χ2v) is 17.4. The minimum absolute atomic E-state index is 0.0791. The first kappa shape index (κ1) is 28.0. The van der Waals surface area contributed by atoms with E-state index < -0.39 is 8.32 Å². The van der Waals surface area contributed by atoms with Gasteiger partial charge in [0, 0.05) is 38.0 Å². The molecule has 0 N–H and O–H groups in total. The molecule has 2 aliphatic rings. The lowest BCUT2D eigenvalue weighted by molar-refractivity contribution is -0.117. The lowest BCUT2D eigenvalue weighted by Gasteiger charge is -2.44. The van der Waals surface area contributed by atoms with Crippen molar-refractivity contribution in [2.75, 3.05) is 16.3 Å². The Morgan fingerprint density at radius 3 is 2.33 bits per heavy atom. The SMILES string of the molecule is CC(=O)N1c2ccc(-c3cnc(C#N)nc3)cc2N(Cc2ccccc2CO[Si](C)(C)C(C)(C)C)C[C@@H]1C1CC1. The molecule has 2 heterocycles. The van der Waals surface area contributed by atoms with Crippen molar-refractivity contribution in [3.05, 3.63) is 71.8 Å². The number of amides is 1. The minimum Gasteiger partial charge on any atom is -0.413 e. The second kappa shape index (κ2) is 10.8. The van der Waals surface area contributed by atoms with Crippen LogP contribution in [-0.4, -0.2) is 36.8 Å². The van der Waals surface area contributed by atoms with Gasteiger partial charge in [-0.05, 0) is 65.7 Å². The summed E-state index contributed by atoms with van der Waals surface area (Å²) >= 11 is 0. The van der Waals surface area contributed by atoms with Crippen molar-refractivity contribution >= 4 is 25.6 Å². The van der Waals surface area contributed by atoms with Crippen LogP contribution in [0.5, 0.6) is 0 Å². The van der Waals surface area contributed by atoms with E-state index in [4.69, 9.17) is 9.69 Å². The van der Waals surface area contributed by atoms with Gasteiger partial charge in [-0.25, -0.2) is 9.97 Å². The minimum atomic E-state index is -1.90. The van der Waals surface area contributed by atoms with E-state index in [-0.39, 0.29) is 22.8 Å². The van der Waals surface area contributed by atoms with Crippen LogP contribution < -0.4 is 9.80 Å². The molecule has 3 aromatic rings. The monoisotopic (exact) mass is 553 g/mol. The van der Waals surface area contributed by atoms with Crippen molar-refractivity contribution in [3.8, 4) is 17.2 Å². The molecule has 0 saturated heterocycles. The number of carbonyl (C=O) groups is 1. The van der Waals surface area contributed by atoms with Crippen LogP contribution in [0.1, 0.15) is 57.5 Å². The number of anilines is 2. The first-order valence-corrected chi connectivity index (χ1v) is 17.0. The topological polar surface area (TPSA) is 82.3 Å². The van der Waals surface area contributed by atoms with Crippen LogP contribution in [0.25, 0.3) is 11.1 Å². The maximum Gasteiger partial charge on any atom is 0.232 e. The second-order valence-electron chi connectivity index (χ2n) is 12.6. The van der Waals surface area contributed by atoms with Crippen LogP contribution in [0.3, 0.4) is 0 Å². The quantitative estimate of drug-likeness (QED) is 0.303. The summed E-state index contributed by atoms with van der Waals surface area (Å²) in [4.78, 5) is 25.7. The molecule has 1 aliphatic heterocycles. The molecular formula is C32H39N5O2Si. The average molecular weight is 554 g/mol. The highest BCUT2D eigenvalue weighted by atomic mass is 28.4. The summed E-state index contributed by atoms with van der Waals surface area (Å²) in [7, 11) is -1.90. The maximum absolute atomic E-state index is 13.0. The molecule has 0 spiro atoms. The Morgan fingerprint density at radius 1 is 1.05 bits per heavy atom. The van der Waals surface area contributed by atoms with Gasteiger partial charge in [0.1, 0.15) is 6.07 Å². The predicted molar refractivity (Wildman–Crippen MR) is 161 cm³/mol. The highest BCUT2D eigenvalue weighted by Crippen LogP contribution is 2.46. The van der Waals surface area contributed by atoms with E-state index in [2.05, 4.69) is 85.1 Å². The van der Waals surface area contributed by atoms with Gasteiger partial charge in [0.15, 0.2) is 8.32 Å². The van der Waals surface area contributed by atoms with Crippen molar-refractivity contribution < 1.29 is 9.22 Å². The third-order valence-corrected chi connectivity index (χ3v) is 13.3. The standard InChI is InChI=1S/C32H39N5O2Si/c1-22(38)37-28-14-13-24(27-17-34-31(16-33)35-18-27)15-29(28)36(20-30(37)23-11-12-23)19-25-9-7-8-10-26(25)21-39-40(5,6)32(2,3)4/h7-10,13-15,17-18,23,30H,11-12,19-21H2,1-6H3/t30-/m1/s1. The summed E-state index contributed by atoms with van der Waals surface area (Å²) in [5, 5.41) is 9.25. The van der Waals surface area contributed by atoms with Crippen LogP contribution in [-0.2, 0) is 22.4 Å². The lowest BCUT2D eigenvalue weighted by Crippen LogP contribution is -2.52. The molecule has 0 radical (unpaired) electrons. The molecule has 1 saturated carbocycles. The number of benzene rings is 2. The van der Waals surface area contributed by atoms with Gasteiger partial charge in [-0.3, -0.25) is 4.79 Å². The molecule has 0 bridgehead atoms. The van der Waals surface area contributed by atoms with E-state index >= 15 is 0 Å². The Kier molecular flexibility index (Phi) is 7.55. The zero-order chi connectivity index (χ0) is 28.7. The van der Waals surface area contributed by atoms with E-state index in [1.165, 1.54) is 11.1 Å². The molecule has 1 aromatic heterocycles. The number of aromatic nitrogens is 2. The Hall–Kier alpha value is -3.54. The predicted octanol–water partition coefficient (Wildman–Crippen LogP) is 6.69. The molecule has 8 heteroatoms. The molecule has 40 heavy (non-hydrogen) atoms. The average Bonchev–Trinajstić information content (AvgIpc) is 3.77. The number of rotatable bonds is 7. The van der Waals surface area contributed by atoms with Gasteiger partial charge in [-0.15, -0.1) is 0 Å². The van der Waals surface area contributed by atoms with Gasteiger partial charge in [0.2, 0.25) is 11.7 Å². The van der Waals surface area contributed by atoms with Crippen molar-refractivity contribution in [2.45, 2.75) is 77.9 Å². The molecule has 208 valence electrons. The normalized spacial score (nSPS) is 17.4. The molecule has 7 nitrogen and oxygen atoms in total. The van der Waals surface area contributed by atoms with Crippen LogP contribution in [0, 0.1) is 17.2 Å². The van der Waals surface area contributed by atoms with Crippen LogP contribution >= 0.6 is 0 Å². The van der Waals surface area contributed by atoms with E-state index in [9.17, 15) is 4.79 Å². The van der Waals surface area contributed by atoms with Crippen LogP contribution in [0.15, 0.2) is 54.9 Å². The summed E-state index contributed by atoms with van der Waals surface area (Å²) < 4.78 is 6.62. The number of carbonyl (C=O) groups excluding carboxylic acids is 1. The molecule has 1 atom stereocenters. The number of nitrogens with zero attached hydrogens (tertiary/aromatic N) is 5. The van der Waals surface area contributed by atoms with Crippen LogP contribution in [0.2, 0.25) is 18.1 Å². The van der Waals surface area contributed by atoms with Crippen molar-refractivity contribution in [1.82, 2.24) is 9.97 Å². The smallest absolute Gasteiger partial charge is 0.232 e. The number of hydrogen-bond donors (Lipinski definition) is 0. The molecule has 0 unspecified atom stereocenters. The van der Waals surface area contributed by atoms with E-state index in [1.807, 2.05) is 17.0 Å². The van der Waals surface area contributed by atoms with Crippen molar-refractivity contribution in [1.29, 1.82) is 5.26 Å². The van der Waals surface area contributed by atoms with Crippen molar-refractivity contribution in [2.24, 2.45) is 5.92 Å². The zero-order valence-electron chi connectivity index (χ0n) is 24.4. The van der Waals surface area contributed by atoms with Gasteiger partial charge in [-0.2, -0.15) is 5.26 Å². The molecule has 2 aromatic carbocycles. The van der Waals surface area contributed by atoms with Gasteiger partial charge < -0.3 is 14.2 Å². The largest absolute Gasteiger partial charge is 0.413 e. The first-order valence-electron chi connectivity index (χ1n) is 14.1. The first-order chi connectivity index (χ1) is 19.0. The maximum atomic E-state index is 13.0. The summed E-state index contributed by atoms with van der Waals surface area (Å²) in [5.74, 6) is 0.758. The fourth-order valence-electron chi connectivity index (χ4n) is 5.21. The summed E-state index contributed by atoms with van der Waals surface area (Å²) in [6.45, 7) is 15.2. The van der Waals surface area contributed by atoms with Crippen LogP contribution in [0.4, 0.5) is 11.4 Å². The van der Waals surface area contributed by atoms with Gasteiger partial charge >= 0.3 is 0 Å². The Morgan fingerprint density at radius 2 is 1.73 bits per heavy atom. The fourth-order valence-corrected chi connectivity index (χ4v) is 6.16. The Balaban J connectivity index is 1.51. The molecule has 1 fully saturated rings. The molecular weight excluding hydrogens is 514 g/mol. The highest BCUT2D eigenvalue weighted by Gasteiger charge is 2.42. The third-order valence-electron chi connectivity index (χ3n) is 8.78. The lowest BCUT2D eigenvalue weighted by atomic mass is 9.98. The summed E-state index contributed by atoms with van der Waals surface area (Å²) in [6, 6.07) is 16.9. The third kappa shape index (κ3) is 5.67. The molecule has 1 amide bonds. The van der Waals surface area contributed by atoms with Crippen molar-refractivity contribution in [3.63, 3.8) is 0 Å². The fraction of sp³-hybridized carbons (Fsp3) is 0.438. The summed E-state index contributed by atoms with van der Waals surface area (Å²) in [5.41, 5.74) is 6.21. The zero-order valence-corrected chi connectivity index (χ0v) is 25.4. The Bertz CT molecular complexity index is 1440. The van der Waals surface area contributed by atoms with E-state index in [1.54, 1.807) is 19.3 Å². The van der Waals surface area contributed by atoms with Gasteiger partial charge in [0.25, 0.3) is 0 Å². The van der Waals surface area contributed by atoms with E-state index in [0.29, 0.717) is 12.5 Å². The van der Waals surface area contributed by atoms with Gasteiger partial charge in [-0.1, -0.05) is 51.1 Å². The van der Waals surface area contributed by atoms with Gasteiger partial charge in [0.05, 0.1) is 24.0 Å². The summed E-state index contributed by atoms with van der Waals surface area (Å²) in [6.07, 6.45) is 5.69. The number of nitriles is 1.